The monoisotopic (exact) mass is 210 g/mol. The Bertz CT molecular complexity index is 274. The van der Waals surface area contributed by atoms with E-state index < -0.39 is 0 Å². The van der Waals surface area contributed by atoms with Crippen LogP contribution < -0.4 is 10.2 Å². The number of hydrogen-bond acceptors (Lipinski definition) is 3. The molecule has 0 saturated carbocycles. The smallest absolute Gasteiger partial charge is 0.0596 e. The molecule has 0 aromatic heterocycles. The lowest BCUT2D eigenvalue weighted by Gasteiger charge is -2.18. The van der Waals surface area contributed by atoms with Gasteiger partial charge in [0, 0.05) is 26.4 Å². The fraction of sp³-hybridized carbons (Fsp3) is 0.455. The molecule has 3 heteroatoms. The highest BCUT2D eigenvalue weighted by Gasteiger charge is 2.01. The summed E-state index contributed by atoms with van der Waals surface area (Å²) in [6, 6.07) is 8.38. The molecular formula is C11H18N2S. The average Bonchev–Trinajstić information content (AvgIpc) is 2.19. The molecule has 0 unspecified atom stereocenters. The summed E-state index contributed by atoms with van der Waals surface area (Å²) in [4.78, 5) is 2.13. The summed E-state index contributed by atoms with van der Waals surface area (Å²) in [5, 5.41) is 3.43. The molecule has 0 atom stereocenters. The van der Waals surface area contributed by atoms with E-state index in [0.29, 0.717) is 0 Å². The molecule has 0 bridgehead atoms. The molecule has 0 spiro atoms. The third-order valence-electron chi connectivity index (χ3n) is 2.01. The molecule has 0 amide bonds. The fourth-order valence-electron chi connectivity index (χ4n) is 1.30. The van der Waals surface area contributed by atoms with E-state index >= 15 is 0 Å². The molecule has 0 aliphatic rings. The minimum Gasteiger partial charge on any atom is -0.383 e. The van der Waals surface area contributed by atoms with Gasteiger partial charge in [-0.25, -0.2) is 0 Å². The molecular weight excluding hydrogens is 192 g/mol. The van der Waals surface area contributed by atoms with Crippen LogP contribution in [0.1, 0.15) is 0 Å². The molecule has 0 saturated heterocycles. The Balaban J connectivity index is 2.64. The van der Waals surface area contributed by atoms with E-state index in [0.717, 1.165) is 12.3 Å². The standard InChI is InChI=1S/C11H18N2S/c1-13(2)11-7-5-4-6-10(11)12-8-9-14-3/h4-7,12H,8-9H2,1-3H3. The molecule has 14 heavy (non-hydrogen) atoms. The predicted octanol–water partition coefficient (Wildman–Crippen LogP) is 2.53. The Morgan fingerprint density at radius 3 is 2.64 bits per heavy atom. The van der Waals surface area contributed by atoms with Crippen LogP contribution in [0, 0.1) is 0 Å². The molecule has 0 aliphatic heterocycles. The van der Waals surface area contributed by atoms with E-state index in [1.807, 2.05) is 11.8 Å². The first-order valence-corrected chi connectivity index (χ1v) is 6.14. The van der Waals surface area contributed by atoms with Gasteiger partial charge in [0.05, 0.1) is 11.4 Å². The maximum absolute atomic E-state index is 3.43. The van der Waals surface area contributed by atoms with Crippen molar-refractivity contribution in [2.24, 2.45) is 0 Å². The topological polar surface area (TPSA) is 15.3 Å². The Hall–Kier alpha value is -0.830. The lowest BCUT2D eigenvalue weighted by Crippen LogP contribution is -2.13. The van der Waals surface area contributed by atoms with Gasteiger partial charge in [-0.1, -0.05) is 12.1 Å². The highest BCUT2D eigenvalue weighted by Crippen LogP contribution is 2.22. The van der Waals surface area contributed by atoms with Crippen molar-refractivity contribution >= 4 is 23.1 Å². The summed E-state index contributed by atoms with van der Waals surface area (Å²) in [6.07, 6.45) is 2.12. The van der Waals surface area contributed by atoms with Crippen molar-refractivity contribution in [2.75, 3.05) is 42.9 Å². The minimum absolute atomic E-state index is 1.02. The van der Waals surface area contributed by atoms with Crippen LogP contribution in [0.3, 0.4) is 0 Å². The summed E-state index contributed by atoms with van der Waals surface area (Å²) >= 11 is 1.86. The molecule has 1 N–H and O–H groups in total. The first-order chi connectivity index (χ1) is 6.75. The van der Waals surface area contributed by atoms with Crippen LogP contribution in [-0.4, -0.2) is 32.6 Å². The van der Waals surface area contributed by atoms with Crippen LogP contribution in [0.2, 0.25) is 0 Å². The quantitative estimate of drug-likeness (QED) is 0.752. The van der Waals surface area contributed by atoms with Crippen LogP contribution in [0.4, 0.5) is 11.4 Å². The van der Waals surface area contributed by atoms with Crippen LogP contribution in [-0.2, 0) is 0 Å². The highest BCUT2D eigenvalue weighted by atomic mass is 32.2. The number of hydrogen-bond donors (Lipinski definition) is 1. The van der Waals surface area contributed by atoms with Gasteiger partial charge in [0.25, 0.3) is 0 Å². The van der Waals surface area contributed by atoms with Gasteiger partial charge in [-0.3, -0.25) is 0 Å². The number of thioether (sulfide) groups is 1. The van der Waals surface area contributed by atoms with Gasteiger partial charge in [-0.2, -0.15) is 11.8 Å². The Morgan fingerprint density at radius 1 is 1.29 bits per heavy atom. The fourth-order valence-corrected chi connectivity index (χ4v) is 1.61. The minimum atomic E-state index is 1.02. The second-order valence-electron chi connectivity index (χ2n) is 3.33. The largest absolute Gasteiger partial charge is 0.383 e. The Kier molecular flexibility index (Phi) is 4.66. The highest BCUT2D eigenvalue weighted by molar-refractivity contribution is 7.98. The maximum atomic E-state index is 3.43. The molecule has 78 valence electrons. The predicted molar refractivity (Wildman–Crippen MR) is 67.6 cm³/mol. The Labute approximate surface area is 90.7 Å². The van der Waals surface area contributed by atoms with E-state index in [2.05, 4.69) is 54.8 Å². The van der Waals surface area contributed by atoms with Crippen molar-refractivity contribution in [3.05, 3.63) is 24.3 Å². The molecule has 1 aromatic carbocycles. The summed E-state index contributed by atoms with van der Waals surface area (Å²) in [7, 11) is 4.13. The molecule has 0 aliphatic carbocycles. The van der Waals surface area contributed by atoms with Gasteiger partial charge in [0.2, 0.25) is 0 Å². The van der Waals surface area contributed by atoms with Crippen LogP contribution in [0.15, 0.2) is 24.3 Å². The SMILES string of the molecule is CSCCNc1ccccc1N(C)C. The van der Waals surface area contributed by atoms with E-state index in [4.69, 9.17) is 0 Å². The van der Waals surface area contributed by atoms with E-state index in [-0.39, 0.29) is 0 Å². The van der Waals surface area contributed by atoms with Gasteiger partial charge in [0.1, 0.15) is 0 Å². The molecule has 0 radical (unpaired) electrons. The van der Waals surface area contributed by atoms with Crippen LogP contribution in [0.5, 0.6) is 0 Å². The summed E-state index contributed by atoms with van der Waals surface area (Å²) < 4.78 is 0. The van der Waals surface area contributed by atoms with Crippen LogP contribution in [0.25, 0.3) is 0 Å². The van der Waals surface area contributed by atoms with Crippen molar-refractivity contribution in [1.29, 1.82) is 0 Å². The number of nitrogens with one attached hydrogen (secondary N) is 1. The van der Waals surface area contributed by atoms with E-state index in [1.165, 1.54) is 11.4 Å². The number of anilines is 2. The zero-order chi connectivity index (χ0) is 10.4. The van der Waals surface area contributed by atoms with Crippen molar-refractivity contribution in [1.82, 2.24) is 0 Å². The van der Waals surface area contributed by atoms with Gasteiger partial charge >= 0.3 is 0 Å². The van der Waals surface area contributed by atoms with E-state index in [9.17, 15) is 0 Å². The zero-order valence-corrected chi connectivity index (χ0v) is 9.90. The van der Waals surface area contributed by atoms with Crippen molar-refractivity contribution in [2.45, 2.75) is 0 Å². The molecule has 2 nitrogen and oxygen atoms in total. The third kappa shape index (κ3) is 3.14. The lowest BCUT2D eigenvalue weighted by atomic mass is 10.2. The second-order valence-corrected chi connectivity index (χ2v) is 4.32. The number of rotatable bonds is 5. The van der Waals surface area contributed by atoms with Crippen molar-refractivity contribution in [3.8, 4) is 0 Å². The number of para-hydroxylation sites is 2. The molecule has 0 fully saturated rings. The van der Waals surface area contributed by atoms with Gasteiger partial charge in [0.15, 0.2) is 0 Å². The van der Waals surface area contributed by atoms with Crippen LogP contribution >= 0.6 is 11.8 Å². The first-order valence-electron chi connectivity index (χ1n) is 4.75. The molecule has 0 heterocycles. The van der Waals surface area contributed by atoms with Crippen molar-refractivity contribution < 1.29 is 0 Å². The Morgan fingerprint density at radius 2 is 2.00 bits per heavy atom. The summed E-state index contributed by atoms with van der Waals surface area (Å²) in [5.41, 5.74) is 2.46. The van der Waals surface area contributed by atoms with E-state index in [1.54, 1.807) is 0 Å². The average molecular weight is 210 g/mol. The third-order valence-corrected chi connectivity index (χ3v) is 2.62. The van der Waals surface area contributed by atoms with Gasteiger partial charge < -0.3 is 10.2 Å². The van der Waals surface area contributed by atoms with Gasteiger partial charge in [-0.15, -0.1) is 0 Å². The summed E-state index contributed by atoms with van der Waals surface area (Å²) in [6.45, 7) is 1.02. The van der Waals surface area contributed by atoms with Gasteiger partial charge in [-0.05, 0) is 18.4 Å². The molecule has 1 rings (SSSR count). The zero-order valence-electron chi connectivity index (χ0n) is 9.08. The summed E-state index contributed by atoms with van der Waals surface area (Å²) in [5.74, 6) is 1.14. The lowest BCUT2D eigenvalue weighted by molar-refractivity contribution is 1.12. The number of benzene rings is 1. The second kappa shape index (κ2) is 5.81. The maximum Gasteiger partial charge on any atom is 0.0596 e. The van der Waals surface area contributed by atoms with Crippen molar-refractivity contribution in [3.63, 3.8) is 0 Å². The number of nitrogens with zero attached hydrogens (tertiary/aromatic N) is 1. The normalized spacial score (nSPS) is 9.93. The molecule has 1 aromatic rings. The first kappa shape index (κ1) is 11.2.